The molecule has 2 fully saturated rings. The maximum Gasteiger partial charge on any atom is 0.220 e. The summed E-state index contributed by atoms with van der Waals surface area (Å²) in [6, 6.07) is -0.820. The number of aliphatic hydroxyl groups is 8. The van der Waals surface area contributed by atoms with E-state index in [4.69, 9.17) is 18.9 Å². The van der Waals surface area contributed by atoms with Gasteiger partial charge in [0, 0.05) is 6.42 Å². The molecule has 14 heteroatoms. The molecule has 12 atom stereocenters. The maximum atomic E-state index is 13.2. The van der Waals surface area contributed by atoms with Gasteiger partial charge in [-0.25, -0.2) is 0 Å². The van der Waals surface area contributed by atoms with Gasteiger partial charge in [-0.2, -0.15) is 0 Å². The van der Waals surface area contributed by atoms with Crippen LogP contribution < -0.4 is 5.32 Å². The van der Waals surface area contributed by atoms with Crippen molar-refractivity contribution in [2.45, 2.75) is 389 Å². The van der Waals surface area contributed by atoms with E-state index in [0.717, 1.165) is 51.4 Å². The molecule has 79 heavy (non-hydrogen) atoms. The number of carbonyl (C=O) groups excluding carboxylic acids is 1. The zero-order valence-electron chi connectivity index (χ0n) is 50.9. The molecule has 12 unspecified atom stereocenters. The summed E-state index contributed by atoms with van der Waals surface area (Å²) in [5.41, 5.74) is 0. The third-order valence-corrected chi connectivity index (χ3v) is 17.1. The first-order valence-corrected chi connectivity index (χ1v) is 33.8. The Labute approximate surface area is 483 Å². The molecule has 0 bridgehead atoms. The standard InChI is InChI=1S/C65H127NO13/c1-3-5-7-9-11-12-13-14-15-16-17-18-19-20-21-22-23-24-25-26-27-28-29-30-31-32-33-34-35-36-37-38-39-40-41-43-45-47-49-57(70)66-53(54(69)48-46-44-42-10-8-6-4-2)52-76-64-62(75)60(73)63(56(51-68)78-64)79-65-61(74)59(72)58(71)55(50-67)77-65/h53-56,58-65,67-69,71-75H,3-52H2,1-2H3,(H,66,70). The monoisotopic (exact) mass is 1130 g/mol. The van der Waals surface area contributed by atoms with Crippen LogP contribution in [-0.2, 0) is 23.7 Å². The van der Waals surface area contributed by atoms with Crippen LogP contribution in [-0.4, -0.2) is 140 Å². The molecule has 0 radical (unpaired) electrons. The molecule has 2 aliphatic heterocycles. The van der Waals surface area contributed by atoms with Crippen molar-refractivity contribution in [1.29, 1.82) is 0 Å². The Morgan fingerprint density at radius 2 is 0.722 bits per heavy atom. The molecule has 0 spiro atoms. The quantitative estimate of drug-likeness (QED) is 0.0259. The normalized spacial score (nSPS) is 24.3. The van der Waals surface area contributed by atoms with Gasteiger partial charge in [0.1, 0.15) is 48.8 Å². The fourth-order valence-electron chi connectivity index (χ4n) is 11.7. The SMILES string of the molecule is CCCCCCCCCCCCCCCCCCCCCCCCCCCCCCCCCCCCCCCCC(=O)NC(COC1OC(CO)C(OC2OC(CO)C(O)C(O)C2O)C(O)C1O)C(O)CCCCCCCCC. The Morgan fingerprint density at radius 3 is 1.08 bits per heavy atom. The predicted octanol–water partition coefficient (Wildman–Crippen LogP) is 12.8. The largest absolute Gasteiger partial charge is 0.394 e. The molecule has 2 saturated heterocycles. The third kappa shape index (κ3) is 36.4. The minimum atomic E-state index is -1.78. The molecule has 1 amide bonds. The summed E-state index contributed by atoms with van der Waals surface area (Å²) in [6.07, 6.45) is 43.5. The second-order valence-corrected chi connectivity index (χ2v) is 24.3. The third-order valence-electron chi connectivity index (χ3n) is 17.1. The summed E-state index contributed by atoms with van der Waals surface area (Å²) in [6.45, 7) is 2.84. The zero-order valence-corrected chi connectivity index (χ0v) is 50.9. The van der Waals surface area contributed by atoms with Crippen molar-refractivity contribution in [3.63, 3.8) is 0 Å². The minimum absolute atomic E-state index is 0.204. The molecule has 2 heterocycles. The number of nitrogens with one attached hydrogen (secondary N) is 1. The second kappa shape index (κ2) is 51.4. The summed E-state index contributed by atoms with van der Waals surface area (Å²) in [7, 11) is 0. The van der Waals surface area contributed by atoms with Crippen LogP contribution >= 0.6 is 0 Å². The number of amides is 1. The fraction of sp³-hybridized carbons (Fsp3) is 0.985. The van der Waals surface area contributed by atoms with Crippen molar-refractivity contribution >= 4 is 5.91 Å². The molecule has 9 N–H and O–H groups in total. The lowest BCUT2D eigenvalue weighted by molar-refractivity contribution is -0.359. The molecule has 2 aliphatic rings. The van der Waals surface area contributed by atoms with E-state index in [9.17, 15) is 45.6 Å². The minimum Gasteiger partial charge on any atom is -0.394 e. The van der Waals surface area contributed by atoms with E-state index in [2.05, 4.69) is 19.2 Å². The van der Waals surface area contributed by atoms with Crippen molar-refractivity contribution in [3.05, 3.63) is 0 Å². The van der Waals surface area contributed by atoms with Crippen LogP contribution in [0, 0.1) is 0 Å². The Kier molecular flexibility index (Phi) is 48.2. The van der Waals surface area contributed by atoms with Crippen molar-refractivity contribution in [3.8, 4) is 0 Å². The first-order valence-electron chi connectivity index (χ1n) is 33.8. The van der Waals surface area contributed by atoms with Crippen LogP contribution in [0.25, 0.3) is 0 Å². The molecule has 0 aromatic heterocycles. The number of ether oxygens (including phenoxy) is 4. The van der Waals surface area contributed by atoms with Crippen LogP contribution in [0.5, 0.6) is 0 Å². The Morgan fingerprint density at radius 1 is 0.405 bits per heavy atom. The van der Waals surface area contributed by atoms with Crippen LogP contribution in [0.3, 0.4) is 0 Å². The van der Waals surface area contributed by atoms with Crippen LogP contribution in [0.1, 0.15) is 316 Å². The summed E-state index contributed by atoms with van der Waals surface area (Å²) in [5.74, 6) is -0.204. The van der Waals surface area contributed by atoms with E-state index in [1.54, 1.807) is 0 Å². The van der Waals surface area contributed by atoms with E-state index in [1.807, 2.05) is 0 Å². The molecular formula is C65H127NO13. The lowest BCUT2D eigenvalue weighted by atomic mass is 9.97. The van der Waals surface area contributed by atoms with Crippen LogP contribution in [0.15, 0.2) is 0 Å². The smallest absolute Gasteiger partial charge is 0.220 e. The summed E-state index contributed by atoms with van der Waals surface area (Å²) >= 11 is 0. The number of aliphatic hydroxyl groups excluding tert-OH is 8. The van der Waals surface area contributed by atoms with Crippen molar-refractivity contribution < 1.29 is 64.6 Å². The molecule has 470 valence electrons. The van der Waals surface area contributed by atoms with E-state index in [1.165, 1.54) is 238 Å². The van der Waals surface area contributed by atoms with Gasteiger partial charge in [-0.1, -0.05) is 296 Å². The van der Waals surface area contributed by atoms with Crippen molar-refractivity contribution in [1.82, 2.24) is 5.32 Å². The van der Waals surface area contributed by atoms with Gasteiger partial charge in [0.2, 0.25) is 5.91 Å². The second-order valence-electron chi connectivity index (χ2n) is 24.3. The van der Waals surface area contributed by atoms with E-state index >= 15 is 0 Å². The van der Waals surface area contributed by atoms with E-state index < -0.39 is 86.8 Å². The highest BCUT2D eigenvalue weighted by molar-refractivity contribution is 5.76. The van der Waals surface area contributed by atoms with Gasteiger partial charge in [-0.05, 0) is 12.8 Å². The lowest BCUT2D eigenvalue weighted by Crippen LogP contribution is -2.65. The first-order chi connectivity index (χ1) is 38.6. The van der Waals surface area contributed by atoms with Gasteiger partial charge in [0.15, 0.2) is 12.6 Å². The van der Waals surface area contributed by atoms with Gasteiger partial charge in [-0.15, -0.1) is 0 Å². The van der Waals surface area contributed by atoms with Gasteiger partial charge in [0.25, 0.3) is 0 Å². The summed E-state index contributed by atoms with van der Waals surface area (Å²) < 4.78 is 22.7. The molecule has 14 nitrogen and oxygen atoms in total. The number of hydrogen-bond acceptors (Lipinski definition) is 13. The average molecular weight is 1130 g/mol. The van der Waals surface area contributed by atoms with Gasteiger partial charge < -0.3 is 65.1 Å². The highest BCUT2D eigenvalue weighted by atomic mass is 16.7. The first kappa shape index (κ1) is 74.1. The van der Waals surface area contributed by atoms with Crippen LogP contribution in [0.4, 0.5) is 0 Å². The molecule has 0 saturated carbocycles. The van der Waals surface area contributed by atoms with Crippen molar-refractivity contribution in [2.24, 2.45) is 0 Å². The number of carbonyl (C=O) groups is 1. The maximum absolute atomic E-state index is 13.2. The number of unbranched alkanes of at least 4 members (excludes halogenated alkanes) is 43. The molecule has 2 rings (SSSR count). The number of rotatable bonds is 56. The Balaban J connectivity index is 1.47. The highest BCUT2D eigenvalue weighted by Gasteiger charge is 2.51. The molecular weight excluding hydrogens is 1000 g/mol. The van der Waals surface area contributed by atoms with E-state index in [-0.39, 0.29) is 12.5 Å². The lowest BCUT2D eigenvalue weighted by Gasteiger charge is -2.46. The summed E-state index contributed by atoms with van der Waals surface area (Å²) in [5, 5.41) is 86.9. The molecule has 0 aliphatic carbocycles. The molecule has 0 aromatic rings. The van der Waals surface area contributed by atoms with Gasteiger partial charge in [-0.3, -0.25) is 4.79 Å². The topological polar surface area (TPSA) is 228 Å². The number of hydrogen-bond donors (Lipinski definition) is 9. The zero-order chi connectivity index (χ0) is 57.4. The highest BCUT2D eigenvalue weighted by Crippen LogP contribution is 2.30. The van der Waals surface area contributed by atoms with Crippen LogP contribution in [0.2, 0.25) is 0 Å². The van der Waals surface area contributed by atoms with Gasteiger partial charge in [0.05, 0.1) is 32.0 Å². The van der Waals surface area contributed by atoms with E-state index in [0.29, 0.717) is 12.8 Å². The fourth-order valence-corrected chi connectivity index (χ4v) is 11.7. The Bertz CT molecular complexity index is 1330. The average Bonchev–Trinajstić information content (AvgIpc) is 3.45. The Hall–Kier alpha value is -1.01. The van der Waals surface area contributed by atoms with Gasteiger partial charge >= 0.3 is 0 Å². The predicted molar refractivity (Wildman–Crippen MR) is 319 cm³/mol. The van der Waals surface area contributed by atoms with Crippen molar-refractivity contribution in [2.75, 3.05) is 19.8 Å². The summed E-state index contributed by atoms with van der Waals surface area (Å²) in [4.78, 5) is 13.2. The molecule has 0 aromatic carbocycles.